The van der Waals surface area contributed by atoms with Crippen molar-refractivity contribution < 1.29 is 9.59 Å². The molecule has 1 aliphatic carbocycles. The van der Waals surface area contributed by atoms with Crippen LogP contribution < -0.4 is 10.6 Å². The van der Waals surface area contributed by atoms with Crippen LogP contribution in [-0.2, 0) is 4.79 Å². The maximum Gasteiger partial charge on any atom is 0.321 e. The largest absolute Gasteiger partial charge is 0.355 e. The quantitative estimate of drug-likeness (QED) is 0.569. The first-order valence-electron chi connectivity index (χ1n) is 13.5. The van der Waals surface area contributed by atoms with Crippen LogP contribution in [0.25, 0.3) is 0 Å². The molecule has 2 atom stereocenters. The number of nitrogens with one attached hydrogen (secondary N) is 2. The minimum atomic E-state index is -0.0595. The van der Waals surface area contributed by atoms with Crippen LogP contribution in [0.3, 0.4) is 0 Å². The molecule has 3 fully saturated rings. The van der Waals surface area contributed by atoms with Crippen LogP contribution in [-0.4, -0.2) is 84.5 Å². The molecule has 0 radical (unpaired) electrons. The van der Waals surface area contributed by atoms with Crippen LogP contribution in [0.15, 0.2) is 30.3 Å². The molecule has 34 heavy (non-hydrogen) atoms. The van der Waals surface area contributed by atoms with Crippen LogP contribution >= 0.6 is 0 Å². The Hall–Kier alpha value is -2.12. The van der Waals surface area contributed by atoms with E-state index in [0.29, 0.717) is 25.0 Å². The SMILES string of the molecule is C[C@@H]1CCCCN1CCCNC(=O)[C@@H](C1CCCC1)N1CCN(C(=O)Nc2ccccc2)CC1. The van der Waals surface area contributed by atoms with Crippen LogP contribution in [0.4, 0.5) is 10.5 Å². The summed E-state index contributed by atoms with van der Waals surface area (Å²) in [7, 11) is 0. The van der Waals surface area contributed by atoms with E-state index >= 15 is 0 Å². The molecule has 2 N–H and O–H groups in total. The van der Waals surface area contributed by atoms with Gasteiger partial charge in [-0.25, -0.2) is 4.79 Å². The zero-order chi connectivity index (χ0) is 23.8. The Kier molecular flexibility index (Phi) is 9.22. The standard InChI is InChI=1S/C27H43N5O2/c1-22-10-7-8-16-30(22)17-9-15-28-26(33)25(23-11-5-6-12-23)31-18-20-32(21-19-31)27(34)29-24-13-3-2-4-14-24/h2-4,13-14,22-23,25H,5-12,15-21H2,1H3,(H,28,33)(H,29,34)/t22-,25-/m1/s1. The third-order valence-corrected chi connectivity index (χ3v) is 8.00. The Morgan fingerprint density at radius 1 is 0.941 bits per heavy atom. The van der Waals surface area contributed by atoms with E-state index < -0.39 is 0 Å². The number of benzene rings is 1. The molecule has 0 bridgehead atoms. The molecule has 0 unspecified atom stereocenters. The van der Waals surface area contributed by atoms with Gasteiger partial charge in [0.25, 0.3) is 0 Å². The van der Waals surface area contributed by atoms with E-state index in [9.17, 15) is 9.59 Å². The molecule has 1 saturated carbocycles. The van der Waals surface area contributed by atoms with E-state index in [0.717, 1.165) is 51.1 Å². The number of anilines is 1. The van der Waals surface area contributed by atoms with Gasteiger partial charge in [-0.2, -0.15) is 0 Å². The zero-order valence-electron chi connectivity index (χ0n) is 20.9. The monoisotopic (exact) mass is 469 g/mol. The summed E-state index contributed by atoms with van der Waals surface area (Å²) >= 11 is 0. The number of para-hydroxylation sites is 1. The van der Waals surface area contributed by atoms with Crippen molar-refractivity contribution in [3.63, 3.8) is 0 Å². The number of amides is 3. The number of urea groups is 1. The lowest BCUT2D eigenvalue weighted by molar-refractivity contribution is -0.129. The highest BCUT2D eigenvalue weighted by molar-refractivity contribution is 5.89. The number of carbonyl (C=O) groups excluding carboxylic acids is 2. The summed E-state index contributed by atoms with van der Waals surface area (Å²) in [5, 5.41) is 6.26. The van der Waals surface area contributed by atoms with E-state index in [4.69, 9.17) is 0 Å². The van der Waals surface area contributed by atoms with Crippen molar-refractivity contribution in [2.75, 3.05) is 51.1 Å². The lowest BCUT2D eigenvalue weighted by Crippen LogP contribution is -2.58. The second-order valence-electron chi connectivity index (χ2n) is 10.3. The van der Waals surface area contributed by atoms with Crippen molar-refractivity contribution >= 4 is 17.6 Å². The number of piperazine rings is 1. The van der Waals surface area contributed by atoms with Gasteiger partial charge in [0.2, 0.25) is 5.91 Å². The summed E-state index contributed by atoms with van der Waals surface area (Å²) in [4.78, 5) is 32.8. The second kappa shape index (κ2) is 12.5. The van der Waals surface area contributed by atoms with Gasteiger partial charge in [0, 0.05) is 51.0 Å². The zero-order valence-corrected chi connectivity index (χ0v) is 20.9. The van der Waals surface area contributed by atoms with Gasteiger partial charge in [0.05, 0.1) is 6.04 Å². The van der Waals surface area contributed by atoms with Crippen molar-refractivity contribution in [2.45, 2.75) is 70.4 Å². The Morgan fingerprint density at radius 2 is 1.65 bits per heavy atom. The molecule has 1 aromatic rings. The minimum absolute atomic E-state index is 0.0559. The molecule has 1 aromatic carbocycles. The van der Waals surface area contributed by atoms with E-state index in [-0.39, 0.29) is 18.0 Å². The van der Waals surface area contributed by atoms with Crippen molar-refractivity contribution in [3.8, 4) is 0 Å². The van der Waals surface area contributed by atoms with Crippen molar-refractivity contribution in [1.82, 2.24) is 20.0 Å². The van der Waals surface area contributed by atoms with Gasteiger partial charge >= 0.3 is 6.03 Å². The van der Waals surface area contributed by atoms with E-state index in [1.165, 1.54) is 38.6 Å². The number of hydrogen-bond acceptors (Lipinski definition) is 4. The number of carbonyl (C=O) groups is 2. The van der Waals surface area contributed by atoms with Crippen molar-refractivity contribution in [3.05, 3.63) is 30.3 Å². The molecule has 4 rings (SSSR count). The molecule has 188 valence electrons. The Labute approximate surface area is 205 Å². The molecule has 3 aliphatic rings. The molecule has 0 spiro atoms. The molecular weight excluding hydrogens is 426 g/mol. The highest BCUT2D eigenvalue weighted by Gasteiger charge is 2.37. The number of rotatable bonds is 8. The Balaban J connectivity index is 1.25. The minimum Gasteiger partial charge on any atom is -0.355 e. The summed E-state index contributed by atoms with van der Waals surface area (Å²) < 4.78 is 0. The summed E-state index contributed by atoms with van der Waals surface area (Å²) in [6.45, 7) is 8.17. The second-order valence-corrected chi connectivity index (χ2v) is 10.3. The van der Waals surface area contributed by atoms with Gasteiger partial charge in [-0.05, 0) is 63.6 Å². The van der Waals surface area contributed by atoms with Gasteiger partial charge in [-0.3, -0.25) is 9.69 Å². The maximum atomic E-state index is 13.3. The first-order valence-corrected chi connectivity index (χ1v) is 13.5. The van der Waals surface area contributed by atoms with Crippen LogP contribution in [0.2, 0.25) is 0 Å². The third kappa shape index (κ3) is 6.72. The number of likely N-dealkylation sites (tertiary alicyclic amines) is 1. The topological polar surface area (TPSA) is 67.9 Å². The average molecular weight is 470 g/mol. The Morgan fingerprint density at radius 3 is 2.35 bits per heavy atom. The third-order valence-electron chi connectivity index (χ3n) is 8.00. The first-order chi connectivity index (χ1) is 16.6. The molecule has 2 heterocycles. The number of nitrogens with zero attached hydrogens (tertiary/aromatic N) is 3. The van der Waals surface area contributed by atoms with E-state index in [1.807, 2.05) is 35.2 Å². The molecule has 7 heteroatoms. The fraction of sp³-hybridized carbons (Fsp3) is 0.704. The predicted molar refractivity (Wildman–Crippen MR) is 137 cm³/mol. The van der Waals surface area contributed by atoms with Gasteiger partial charge in [-0.1, -0.05) is 37.5 Å². The van der Waals surface area contributed by atoms with E-state index in [1.54, 1.807) is 0 Å². The normalized spacial score (nSPS) is 23.6. The number of hydrogen-bond donors (Lipinski definition) is 2. The molecule has 2 aliphatic heterocycles. The summed E-state index contributed by atoms with van der Waals surface area (Å²) in [5.74, 6) is 0.632. The molecule has 3 amide bonds. The number of piperidine rings is 1. The van der Waals surface area contributed by atoms with Gasteiger partial charge in [-0.15, -0.1) is 0 Å². The van der Waals surface area contributed by atoms with E-state index in [2.05, 4.69) is 27.4 Å². The van der Waals surface area contributed by atoms with Crippen molar-refractivity contribution in [2.24, 2.45) is 5.92 Å². The van der Waals surface area contributed by atoms with Crippen LogP contribution in [0, 0.1) is 5.92 Å². The lowest BCUT2D eigenvalue weighted by atomic mass is 9.95. The van der Waals surface area contributed by atoms with Crippen LogP contribution in [0.1, 0.15) is 58.3 Å². The maximum absolute atomic E-state index is 13.3. The van der Waals surface area contributed by atoms with Gasteiger partial charge in [0.1, 0.15) is 0 Å². The highest BCUT2D eigenvalue weighted by Crippen LogP contribution is 2.31. The lowest BCUT2D eigenvalue weighted by Gasteiger charge is -2.40. The summed E-state index contributed by atoms with van der Waals surface area (Å²) in [5.41, 5.74) is 0.817. The summed E-state index contributed by atoms with van der Waals surface area (Å²) in [6, 6.07) is 10.1. The molecule has 7 nitrogen and oxygen atoms in total. The van der Waals surface area contributed by atoms with Crippen molar-refractivity contribution in [1.29, 1.82) is 0 Å². The summed E-state index contributed by atoms with van der Waals surface area (Å²) in [6.07, 6.45) is 9.68. The first kappa shape index (κ1) is 25.0. The van der Waals surface area contributed by atoms with Gasteiger partial charge in [0.15, 0.2) is 0 Å². The average Bonchev–Trinajstić information content (AvgIpc) is 3.38. The highest BCUT2D eigenvalue weighted by atomic mass is 16.2. The van der Waals surface area contributed by atoms with Crippen LogP contribution in [0.5, 0.6) is 0 Å². The predicted octanol–water partition coefficient (Wildman–Crippen LogP) is 3.78. The molecule has 2 saturated heterocycles. The smallest absolute Gasteiger partial charge is 0.321 e. The molecular formula is C27H43N5O2. The molecule has 0 aromatic heterocycles. The van der Waals surface area contributed by atoms with Gasteiger partial charge < -0.3 is 20.4 Å². The Bertz CT molecular complexity index is 774. The fourth-order valence-electron chi connectivity index (χ4n) is 5.97. The fourth-order valence-corrected chi connectivity index (χ4v) is 5.97.